The molecule has 2 aliphatic rings. The molecule has 0 spiro atoms. The van der Waals surface area contributed by atoms with Gasteiger partial charge in [-0.1, -0.05) is 52.0 Å². The van der Waals surface area contributed by atoms with Gasteiger partial charge in [-0.2, -0.15) is 0 Å². The number of urea groups is 1. The van der Waals surface area contributed by atoms with Gasteiger partial charge in [0.2, 0.25) is 0 Å². The number of amides is 2. The first-order chi connectivity index (χ1) is 20.5. The van der Waals surface area contributed by atoms with Gasteiger partial charge in [-0.25, -0.2) is 14.8 Å². The Morgan fingerprint density at radius 1 is 1.09 bits per heavy atom. The summed E-state index contributed by atoms with van der Waals surface area (Å²) >= 11 is 0. The highest BCUT2D eigenvalue weighted by molar-refractivity contribution is 5.88. The van der Waals surface area contributed by atoms with E-state index in [-0.39, 0.29) is 29.1 Å². The molecule has 0 radical (unpaired) electrons. The van der Waals surface area contributed by atoms with E-state index in [9.17, 15) is 4.79 Å². The van der Waals surface area contributed by atoms with Gasteiger partial charge < -0.3 is 10.1 Å². The normalized spacial score (nSPS) is 22.4. The number of hydrogen-bond donors (Lipinski definition) is 2. The fraction of sp³-hybridized carbons (Fsp3) is 0.485. The van der Waals surface area contributed by atoms with Crippen LogP contribution in [0.3, 0.4) is 0 Å². The summed E-state index contributed by atoms with van der Waals surface area (Å²) in [5, 5.41) is 15.2. The molecule has 10 heteroatoms. The molecule has 6 rings (SSSR count). The van der Waals surface area contributed by atoms with E-state index >= 15 is 0 Å². The van der Waals surface area contributed by atoms with Gasteiger partial charge in [-0.05, 0) is 69.5 Å². The molecular weight excluding hydrogens is 540 g/mol. The zero-order chi connectivity index (χ0) is 30.4. The molecule has 3 aromatic heterocycles. The van der Waals surface area contributed by atoms with E-state index < -0.39 is 0 Å². The van der Waals surface area contributed by atoms with E-state index in [1.165, 1.54) is 0 Å². The number of benzene rings is 1. The second kappa shape index (κ2) is 11.2. The lowest BCUT2D eigenvalue weighted by Crippen LogP contribution is -2.37. The van der Waals surface area contributed by atoms with E-state index in [1.807, 2.05) is 43.5 Å². The summed E-state index contributed by atoms with van der Waals surface area (Å²) in [6, 6.07) is 13.6. The number of ether oxygens (including phenoxy) is 1. The van der Waals surface area contributed by atoms with Crippen LogP contribution in [0.5, 0.6) is 5.75 Å². The maximum atomic E-state index is 13.2. The van der Waals surface area contributed by atoms with Crippen LogP contribution in [-0.4, -0.2) is 49.1 Å². The lowest BCUT2D eigenvalue weighted by molar-refractivity contribution is 0.170. The lowest BCUT2D eigenvalue weighted by Gasteiger charge is -2.32. The number of hydrogen-bond acceptors (Lipinski definition) is 7. The van der Waals surface area contributed by atoms with Gasteiger partial charge in [0.05, 0.1) is 23.5 Å². The molecule has 4 heterocycles. The van der Waals surface area contributed by atoms with Gasteiger partial charge in [-0.3, -0.25) is 14.6 Å². The number of aryl methyl sites for hydroxylation is 1. The molecule has 2 N–H and O–H groups in total. The number of fused-ring (bicyclic) bond motifs is 2. The summed E-state index contributed by atoms with van der Waals surface area (Å²) in [6.45, 7) is 11.6. The highest BCUT2D eigenvalue weighted by atomic mass is 16.5. The minimum absolute atomic E-state index is 0.136. The van der Waals surface area contributed by atoms with E-state index in [2.05, 4.69) is 87.0 Å². The summed E-state index contributed by atoms with van der Waals surface area (Å²) < 4.78 is 8.69. The van der Waals surface area contributed by atoms with Crippen molar-refractivity contribution in [3.05, 3.63) is 77.1 Å². The molecule has 1 fully saturated rings. The summed E-state index contributed by atoms with van der Waals surface area (Å²) in [7, 11) is 2.15. The molecule has 3 atom stereocenters. The number of carbonyl (C=O) groups is 1. The quantitative estimate of drug-likeness (QED) is 0.283. The van der Waals surface area contributed by atoms with Crippen molar-refractivity contribution in [2.45, 2.75) is 89.8 Å². The van der Waals surface area contributed by atoms with Gasteiger partial charge >= 0.3 is 6.03 Å². The number of carbonyl (C=O) groups excluding carboxylic acids is 1. The molecule has 1 saturated heterocycles. The number of anilines is 1. The number of aromatic nitrogens is 5. The van der Waals surface area contributed by atoms with Crippen LogP contribution < -0.4 is 15.4 Å². The van der Waals surface area contributed by atoms with Crippen molar-refractivity contribution in [2.75, 3.05) is 18.9 Å². The number of nitrogens with one attached hydrogen (secondary N) is 2. The molecule has 226 valence electrons. The Labute approximate surface area is 253 Å². The minimum Gasteiger partial charge on any atom is -0.484 e. The summed E-state index contributed by atoms with van der Waals surface area (Å²) in [6.07, 6.45) is 6.26. The fourth-order valence-corrected chi connectivity index (χ4v) is 6.29. The van der Waals surface area contributed by atoms with Crippen LogP contribution in [0.1, 0.15) is 101 Å². The third-order valence-corrected chi connectivity index (χ3v) is 8.97. The molecular formula is C33H42N8O2. The zero-order valence-corrected chi connectivity index (χ0v) is 26.0. The third-order valence-electron chi connectivity index (χ3n) is 8.97. The Kier molecular flexibility index (Phi) is 7.58. The van der Waals surface area contributed by atoms with Gasteiger partial charge in [0, 0.05) is 17.9 Å². The molecule has 4 aromatic rings. The van der Waals surface area contributed by atoms with Gasteiger partial charge in [0.1, 0.15) is 23.5 Å². The maximum absolute atomic E-state index is 13.2. The Hall–Kier alpha value is -4.05. The largest absolute Gasteiger partial charge is 0.484 e. The van der Waals surface area contributed by atoms with Crippen molar-refractivity contribution >= 4 is 17.5 Å². The second-order valence-electron chi connectivity index (χ2n) is 13.0. The van der Waals surface area contributed by atoms with E-state index in [4.69, 9.17) is 4.74 Å². The minimum atomic E-state index is -0.282. The smallest absolute Gasteiger partial charge is 0.320 e. The Morgan fingerprint density at radius 2 is 1.88 bits per heavy atom. The highest BCUT2D eigenvalue weighted by Gasteiger charge is 2.40. The van der Waals surface area contributed by atoms with Crippen molar-refractivity contribution in [3.63, 3.8) is 0 Å². The summed E-state index contributed by atoms with van der Waals surface area (Å²) in [4.78, 5) is 24.7. The molecule has 2 amide bonds. The Bertz CT molecular complexity index is 1640. The summed E-state index contributed by atoms with van der Waals surface area (Å²) in [5.41, 5.74) is 3.55. The second-order valence-corrected chi connectivity index (χ2v) is 13.0. The number of pyridine rings is 1. The van der Waals surface area contributed by atoms with Crippen molar-refractivity contribution in [3.8, 4) is 5.75 Å². The molecule has 1 aliphatic heterocycles. The third kappa shape index (κ3) is 5.68. The molecule has 1 aliphatic carbocycles. The monoisotopic (exact) mass is 582 g/mol. The number of nitrogens with zero attached hydrogens (tertiary/aromatic N) is 6. The standard InChI is InChI=1S/C33H42N8O2/c1-7-27-35-26(32(2,3)4)19-28(36-27)37-31(42)34-24-14-15-25(23-12-9-8-11-22(23)24)43-21-13-16-29-38-39-30(41(29)20-21)33(5)17-10-18-40(33)6/h8-9,11-13,16,19-20,24-25H,7,10,14-15,17-18H2,1-6H3,(H2,34,35,36,37,42)/t24-,25+,33?/m0/s1. The van der Waals surface area contributed by atoms with Crippen LogP contribution >= 0.6 is 0 Å². The molecule has 1 aromatic carbocycles. The van der Waals surface area contributed by atoms with E-state index in [0.29, 0.717) is 18.1 Å². The van der Waals surface area contributed by atoms with Crippen LogP contribution in [0.25, 0.3) is 5.65 Å². The van der Waals surface area contributed by atoms with E-state index in [0.717, 1.165) is 66.3 Å². The van der Waals surface area contributed by atoms with Crippen LogP contribution in [-0.2, 0) is 17.4 Å². The molecule has 10 nitrogen and oxygen atoms in total. The number of rotatable bonds is 6. The highest BCUT2D eigenvalue weighted by Crippen LogP contribution is 2.40. The molecule has 43 heavy (non-hydrogen) atoms. The topological polar surface area (TPSA) is 110 Å². The van der Waals surface area contributed by atoms with Crippen molar-refractivity contribution in [1.82, 2.24) is 34.8 Å². The first-order valence-corrected chi connectivity index (χ1v) is 15.3. The van der Waals surface area contributed by atoms with Gasteiger partial charge in [0.15, 0.2) is 11.5 Å². The number of likely N-dealkylation sites (tertiary alicyclic amines) is 1. The first kappa shape index (κ1) is 29.0. The van der Waals surface area contributed by atoms with Crippen LogP contribution in [0.2, 0.25) is 0 Å². The first-order valence-electron chi connectivity index (χ1n) is 15.3. The average molecular weight is 583 g/mol. The van der Waals surface area contributed by atoms with Gasteiger partial charge in [-0.15, -0.1) is 10.2 Å². The predicted molar refractivity (Wildman–Crippen MR) is 166 cm³/mol. The van der Waals surface area contributed by atoms with Crippen molar-refractivity contribution < 1.29 is 9.53 Å². The maximum Gasteiger partial charge on any atom is 0.320 e. The van der Waals surface area contributed by atoms with Crippen LogP contribution in [0.4, 0.5) is 10.6 Å². The fourth-order valence-electron chi connectivity index (χ4n) is 6.29. The van der Waals surface area contributed by atoms with Crippen molar-refractivity contribution in [1.29, 1.82) is 0 Å². The molecule has 0 bridgehead atoms. The van der Waals surface area contributed by atoms with Crippen LogP contribution in [0.15, 0.2) is 48.7 Å². The summed E-state index contributed by atoms with van der Waals surface area (Å²) in [5.74, 6) is 2.94. The van der Waals surface area contributed by atoms with Crippen molar-refractivity contribution in [2.24, 2.45) is 0 Å². The van der Waals surface area contributed by atoms with Crippen LogP contribution in [0, 0.1) is 0 Å². The molecule has 0 saturated carbocycles. The SMILES string of the molecule is CCc1nc(NC(=O)N[C@H]2CC[C@@H](Oc3ccc4nnc(C5(C)CCCN5C)n4c3)c3ccccc32)cc(C(C)(C)C)n1. The predicted octanol–water partition coefficient (Wildman–Crippen LogP) is 6.10. The van der Waals surface area contributed by atoms with Gasteiger partial charge in [0.25, 0.3) is 0 Å². The average Bonchev–Trinajstić information content (AvgIpc) is 3.56. The molecule has 1 unspecified atom stereocenters. The lowest BCUT2D eigenvalue weighted by atomic mass is 9.85. The van der Waals surface area contributed by atoms with E-state index in [1.54, 1.807) is 0 Å². The Balaban J connectivity index is 1.19. The zero-order valence-electron chi connectivity index (χ0n) is 26.0. The Morgan fingerprint density at radius 3 is 2.60 bits per heavy atom.